The molecule has 122 valence electrons. The molecule has 1 aromatic heterocycles. The van der Waals surface area contributed by atoms with E-state index >= 15 is 0 Å². The quantitative estimate of drug-likeness (QED) is 0.769. The van der Waals surface area contributed by atoms with Crippen LogP contribution in [0.4, 0.5) is 0 Å². The van der Waals surface area contributed by atoms with Gasteiger partial charge in [-0.05, 0) is 42.0 Å². The zero-order valence-electron chi connectivity index (χ0n) is 12.3. The van der Waals surface area contributed by atoms with Gasteiger partial charge in [0.15, 0.2) is 0 Å². The Bertz CT molecular complexity index is 959. The van der Waals surface area contributed by atoms with Crippen LogP contribution in [0.2, 0.25) is 10.0 Å². The molecule has 0 saturated heterocycles. The molecule has 2 aromatic carbocycles. The maximum absolute atomic E-state index is 12.5. The standard InChI is InChI=1S/C17H12Cl2N2O3/c18-12-4-6-14(7-5-12)21-16(22)15(17(23)24)10-20(21)9-11-2-1-3-13(19)8-11/h1-8,10H,9H2,(H,23,24). The molecular formula is C17H12Cl2N2O3. The zero-order valence-corrected chi connectivity index (χ0v) is 13.8. The molecule has 0 aliphatic carbocycles. The van der Waals surface area contributed by atoms with Gasteiger partial charge in [0, 0.05) is 16.2 Å². The summed E-state index contributed by atoms with van der Waals surface area (Å²) in [6.45, 7) is 0.297. The number of benzene rings is 2. The van der Waals surface area contributed by atoms with Crippen molar-refractivity contribution < 1.29 is 9.90 Å². The van der Waals surface area contributed by atoms with E-state index < -0.39 is 11.5 Å². The van der Waals surface area contributed by atoms with Gasteiger partial charge in [0.25, 0.3) is 5.56 Å². The van der Waals surface area contributed by atoms with Crippen molar-refractivity contribution in [2.24, 2.45) is 0 Å². The van der Waals surface area contributed by atoms with Gasteiger partial charge in [-0.3, -0.25) is 9.48 Å². The van der Waals surface area contributed by atoms with Gasteiger partial charge in [-0.1, -0.05) is 35.3 Å². The molecule has 0 bridgehead atoms. The van der Waals surface area contributed by atoms with Crippen LogP contribution in [-0.4, -0.2) is 20.4 Å². The maximum atomic E-state index is 12.5. The Labute approximate surface area is 147 Å². The second kappa shape index (κ2) is 6.55. The van der Waals surface area contributed by atoms with Crippen LogP contribution in [0, 0.1) is 0 Å². The summed E-state index contributed by atoms with van der Waals surface area (Å²) >= 11 is 11.9. The van der Waals surface area contributed by atoms with E-state index in [0.29, 0.717) is 22.3 Å². The van der Waals surface area contributed by atoms with Crippen molar-refractivity contribution in [1.82, 2.24) is 9.36 Å². The van der Waals surface area contributed by atoms with Crippen LogP contribution in [0.3, 0.4) is 0 Å². The van der Waals surface area contributed by atoms with Gasteiger partial charge in [-0.25, -0.2) is 9.48 Å². The first-order valence-electron chi connectivity index (χ1n) is 7.02. The lowest BCUT2D eigenvalue weighted by Gasteiger charge is -2.12. The Morgan fingerprint density at radius 1 is 1.04 bits per heavy atom. The van der Waals surface area contributed by atoms with Gasteiger partial charge < -0.3 is 5.11 Å². The van der Waals surface area contributed by atoms with Gasteiger partial charge in [0.1, 0.15) is 5.56 Å². The Kier molecular flexibility index (Phi) is 4.46. The average Bonchev–Trinajstić information content (AvgIpc) is 2.85. The van der Waals surface area contributed by atoms with E-state index in [0.717, 1.165) is 5.56 Å². The zero-order chi connectivity index (χ0) is 17.3. The summed E-state index contributed by atoms with van der Waals surface area (Å²) in [5.41, 5.74) is 0.468. The lowest BCUT2D eigenvalue weighted by Crippen LogP contribution is -2.24. The van der Waals surface area contributed by atoms with Gasteiger partial charge in [0.05, 0.1) is 12.2 Å². The third-order valence-corrected chi connectivity index (χ3v) is 3.98. The molecule has 3 rings (SSSR count). The molecule has 5 nitrogen and oxygen atoms in total. The average molecular weight is 363 g/mol. The third kappa shape index (κ3) is 3.22. The number of carboxylic acid groups (broad SMARTS) is 1. The molecule has 1 N–H and O–H groups in total. The molecule has 24 heavy (non-hydrogen) atoms. The van der Waals surface area contributed by atoms with Crippen molar-refractivity contribution >= 4 is 29.2 Å². The van der Waals surface area contributed by atoms with Crippen LogP contribution < -0.4 is 5.56 Å². The van der Waals surface area contributed by atoms with Crippen molar-refractivity contribution in [3.05, 3.63) is 86.3 Å². The van der Waals surface area contributed by atoms with E-state index in [1.807, 2.05) is 6.07 Å². The smallest absolute Gasteiger partial charge is 0.342 e. The Morgan fingerprint density at radius 2 is 1.75 bits per heavy atom. The molecule has 0 unspecified atom stereocenters. The van der Waals surface area contributed by atoms with Crippen LogP contribution >= 0.6 is 23.2 Å². The summed E-state index contributed by atoms with van der Waals surface area (Å²) in [5.74, 6) is -1.27. The number of halogens is 2. The highest BCUT2D eigenvalue weighted by Gasteiger charge is 2.18. The monoisotopic (exact) mass is 362 g/mol. The fourth-order valence-electron chi connectivity index (χ4n) is 2.43. The minimum Gasteiger partial charge on any atom is -0.477 e. The minimum atomic E-state index is -1.27. The van der Waals surface area contributed by atoms with Crippen molar-refractivity contribution in [3.8, 4) is 5.69 Å². The molecule has 0 aliphatic heterocycles. The van der Waals surface area contributed by atoms with Crippen LogP contribution in [-0.2, 0) is 6.54 Å². The normalized spacial score (nSPS) is 10.8. The second-order valence-electron chi connectivity index (χ2n) is 5.17. The van der Waals surface area contributed by atoms with Crippen LogP contribution in [0.25, 0.3) is 5.69 Å². The maximum Gasteiger partial charge on any atom is 0.342 e. The van der Waals surface area contributed by atoms with E-state index in [1.54, 1.807) is 47.1 Å². The second-order valence-corrected chi connectivity index (χ2v) is 6.04. The highest BCUT2D eigenvalue weighted by molar-refractivity contribution is 6.30. The third-order valence-electron chi connectivity index (χ3n) is 3.49. The number of rotatable bonds is 4. The van der Waals surface area contributed by atoms with Crippen LogP contribution in [0.1, 0.15) is 15.9 Å². The van der Waals surface area contributed by atoms with E-state index in [9.17, 15) is 14.7 Å². The molecule has 0 fully saturated rings. The summed E-state index contributed by atoms with van der Waals surface area (Å²) in [4.78, 5) is 23.8. The molecule has 0 radical (unpaired) electrons. The van der Waals surface area contributed by atoms with Crippen molar-refractivity contribution in [3.63, 3.8) is 0 Å². The lowest BCUT2D eigenvalue weighted by atomic mass is 10.2. The summed E-state index contributed by atoms with van der Waals surface area (Å²) in [7, 11) is 0. The van der Waals surface area contributed by atoms with E-state index in [4.69, 9.17) is 23.2 Å². The molecule has 0 amide bonds. The number of aromatic carboxylic acids is 1. The Hall–Kier alpha value is -2.50. The number of carbonyl (C=O) groups is 1. The van der Waals surface area contributed by atoms with Gasteiger partial charge in [0.2, 0.25) is 0 Å². The van der Waals surface area contributed by atoms with Gasteiger partial charge >= 0.3 is 5.97 Å². The Balaban J connectivity index is 2.14. The highest BCUT2D eigenvalue weighted by atomic mass is 35.5. The van der Waals surface area contributed by atoms with E-state index in [2.05, 4.69) is 0 Å². The lowest BCUT2D eigenvalue weighted by molar-refractivity contribution is 0.0695. The number of aromatic nitrogens is 2. The summed E-state index contributed by atoms with van der Waals surface area (Å²) in [5, 5.41) is 10.3. The molecule has 3 aromatic rings. The first-order chi connectivity index (χ1) is 11.5. The highest BCUT2D eigenvalue weighted by Crippen LogP contribution is 2.16. The first kappa shape index (κ1) is 16.4. The molecule has 7 heteroatoms. The van der Waals surface area contributed by atoms with E-state index in [-0.39, 0.29) is 5.56 Å². The topological polar surface area (TPSA) is 64.2 Å². The molecule has 0 aliphatic rings. The van der Waals surface area contributed by atoms with Crippen LogP contribution in [0.15, 0.2) is 59.5 Å². The number of hydrogen-bond donors (Lipinski definition) is 1. The molecule has 0 saturated carbocycles. The molecule has 0 atom stereocenters. The number of carboxylic acids is 1. The van der Waals surface area contributed by atoms with Gasteiger partial charge in [-0.15, -0.1) is 0 Å². The molecule has 0 spiro atoms. The predicted molar refractivity (Wildman–Crippen MR) is 92.6 cm³/mol. The van der Waals surface area contributed by atoms with Crippen molar-refractivity contribution in [2.45, 2.75) is 6.54 Å². The fourth-order valence-corrected chi connectivity index (χ4v) is 2.76. The Morgan fingerprint density at radius 3 is 2.38 bits per heavy atom. The van der Waals surface area contributed by atoms with E-state index in [1.165, 1.54) is 10.9 Å². The number of nitrogens with zero attached hydrogens (tertiary/aromatic N) is 2. The van der Waals surface area contributed by atoms with Gasteiger partial charge in [-0.2, -0.15) is 0 Å². The first-order valence-corrected chi connectivity index (χ1v) is 7.77. The van der Waals surface area contributed by atoms with Crippen molar-refractivity contribution in [1.29, 1.82) is 0 Å². The van der Waals surface area contributed by atoms with Crippen LogP contribution in [0.5, 0.6) is 0 Å². The summed E-state index contributed by atoms with van der Waals surface area (Å²) in [6, 6.07) is 13.7. The largest absolute Gasteiger partial charge is 0.477 e. The fraction of sp³-hybridized carbons (Fsp3) is 0.0588. The number of hydrogen-bond acceptors (Lipinski definition) is 2. The molecular weight excluding hydrogens is 351 g/mol. The summed E-state index contributed by atoms with van der Waals surface area (Å²) in [6.07, 6.45) is 1.32. The molecule has 1 heterocycles. The minimum absolute atomic E-state index is 0.297. The SMILES string of the molecule is O=C(O)c1cn(Cc2cccc(Cl)c2)n(-c2ccc(Cl)cc2)c1=O. The predicted octanol–water partition coefficient (Wildman–Crippen LogP) is 3.69. The van der Waals surface area contributed by atoms with Crippen molar-refractivity contribution in [2.75, 3.05) is 0 Å². The summed E-state index contributed by atoms with van der Waals surface area (Å²) < 4.78 is 2.85.